The van der Waals surface area contributed by atoms with Crippen LogP contribution in [0.25, 0.3) is 11.0 Å². The number of furan rings is 1. The number of nitrogens with zero attached hydrogens (tertiary/aromatic N) is 2. The molecule has 3 rings (SSSR count). The summed E-state index contributed by atoms with van der Waals surface area (Å²) in [5.74, 6) is -1.09. The molecule has 1 amide bonds. The Morgan fingerprint density at radius 2 is 2.15 bits per heavy atom. The molecule has 0 aliphatic carbocycles. The fourth-order valence-electron chi connectivity index (χ4n) is 2.41. The predicted octanol–water partition coefficient (Wildman–Crippen LogP) is 3.21. The maximum Gasteiger partial charge on any atom is 0.315 e. The monoisotopic (exact) mass is 369 g/mol. The van der Waals surface area contributed by atoms with E-state index >= 15 is 0 Å². The van der Waals surface area contributed by atoms with Gasteiger partial charge in [-0.25, -0.2) is 5.43 Å². The molecule has 2 N–H and O–H groups in total. The second-order valence-corrected chi connectivity index (χ2v) is 5.42. The number of rotatable bonds is 6. The van der Waals surface area contributed by atoms with Gasteiger partial charge in [-0.05, 0) is 25.1 Å². The van der Waals surface area contributed by atoms with Crippen molar-refractivity contribution in [2.24, 2.45) is 5.10 Å². The number of benzene rings is 2. The fourth-order valence-corrected chi connectivity index (χ4v) is 2.41. The van der Waals surface area contributed by atoms with E-state index < -0.39 is 22.3 Å². The molecule has 0 radical (unpaired) electrons. The number of para-hydroxylation sites is 1. The lowest BCUT2D eigenvalue weighted by Crippen LogP contribution is -2.16. The maximum atomic E-state index is 12.1. The molecular formula is C18H15N3O6. The van der Waals surface area contributed by atoms with Gasteiger partial charge < -0.3 is 14.3 Å². The molecule has 1 aromatic heterocycles. The van der Waals surface area contributed by atoms with E-state index in [2.05, 4.69) is 10.5 Å². The Morgan fingerprint density at radius 3 is 2.85 bits per heavy atom. The summed E-state index contributed by atoms with van der Waals surface area (Å²) >= 11 is 0. The fraction of sp³-hybridized carbons (Fsp3) is 0.111. The molecule has 0 aliphatic rings. The summed E-state index contributed by atoms with van der Waals surface area (Å²) in [5.41, 5.74) is 2.61. The Labute approximate surface area is 153 Å². The second kappa shape index (κ2) is 7.56. The van der Waals surface area contributed by atoms with Crippen molar-refractivity contribution in [1.82, 2.24) is 5.43 Å². The molecule has 138 valence electrons. The number of fused-ring (bicyclic) bond motifs is 1. The van der Waals surface area contributed by atoms with Crippen LogP contribution in [0.15, 0.2) is 52.0 Å². The average Bonchev–Trinajstić information content (AvgIpc) is 3.08. The summed E-state index contributed by atoms with van der Waals surface area (Å²) in [5, 5.41) is 25.5. The van der Waals surface area contributed by atoms with Crippen molar-refractivity contribution in [3.63, 3.8) is 0 Å². The molecule has 0 spiro atoms. The number of amides is 1. The van der Waals surface area contributed by atoms with Crippen LogP contribution >= 0.6 is 0 Å². The first kappa shape index (κ1) is 17.9. The minimum atomic E-state index is -0.734. The normalized spacial score (nSPS) is 11.0. The molecule has 0 aliphatic heterocycles. The smallest absolute Gasteiger partial charge is 0.315 e. The van der Waals surface area contributed by atoms with Crippen molar-refractivity contribution in [2.75, 3.05) is 6.61 Å². The van der Waals surface area contributed by atoms with Crippen LogP contribution in [0.1, 0.15) is 23.0 Å². The summed E-state index contributed by atoms with van der Waals surface area (Å²) in [6.07, 6.45) is 1.20. The highest BCUT2D eigenvalue weighted by Crippen LogP contribution is 2.36. The number of phenols is 1. The summed E-state index contributed by atoms with van der Waals surface area (Å²) in [7, 11) is 0. The van der Waals surface area contributed by atoms with Crippen molar-refractivity contribution in [2.45, 2.75) is 6.92 Å². The zero-order valence-electron chi connectivity index (χ0n) is 14.2. The lowest BCUT2D eigenvalue weighted by Gasteiger charge is -2.07. The van der Waals surface area contributed by atoms with E-state index in [1.54, 1.807) is 25.1 Å². The number of phenolic OH excluding ortho intramolecular Hbond substituents is 1. The molecule has 9 heteroatoms. The summed E-state index contributed by atoms with van der Waals surface area (Å²) < 4.78 is 10.6. The lowest BCUT2D eigenvalue weighted by atomic mass is 10.2. The van der Waals surface area contributed by atoms with Gasteiger partial charge in [0.15, 0.2) is 11.5 Å². The van der Waals surface area contributed by atoms with Gasteiger partial charge in [0.25, 0.3) is 0 Å². The third kappa shape index (κ3) is 3.87. The third-order valence-corrected chi connectivity index (χ3v) is 3.60. The second-order valence-electron chi connectivity index (χ2n) is 5.42. The van der Waals surface area contributed by atoms with Crippen LogP contribution in [0.4, 0.5) is 5.69 Å². The minimum Gasteiger partial charge on any atom is -0.500 e. The zero-order chi connectivity index (χ0) is 19.4. The molecule has 0 bridgehead atoms. The van der Waals surface area contributed by atoms with Crippen LogP contribution in [-0.4, -0.2) is 28.8 Å². The van der Waals surface area contributed by atoms with E-state index in [4.69, 9.17) is 9.15 Å². The van der Waals surface area contributed by atoms with Crippen molar-refractivity contribution in [3.05, 3.63) is 63.9 Å². The number of aromatic hydroxyl groups is 1. The summed E-state index contributed by atoms with van der Waals surface area (Å²) in [4.78, 5) is 22.4. The van der Waals surface area contributed by atoms with Crippen molar-refractivity contribution in [1.29, 1.82) is 0 Å². The molecule has 9 nitrogen and oxygen atoms in total. The molecule has 0 unspecified atom stereocenters. The molecule has 0 atom stereocenters. The Hall–Kier alpha value is -3.88. The van der Waals surface area contributed by atoms with Gasteiger partial charge in [-0.15, -0.1) is 0 Å². The van der Waals surface area contributed by atoms with Crippen molar-refractivity contribution >= 4 is 28.8 Å². The number of nitro benzene ring substituents is 1. The first-order valence-electron chi connectivity index (χ1n) is 7.95. The average molecular weight is 369 g/mol. The first-order chi connectivity index (χ1) is 13.0. The number of hydrazone groups is 1. The number of hydrogen-bond donors (Lipinski definition) is 2. The highest BCUT2D eigenvalue weighted by Gasteiger charge is 2.19. The van der Waals surface area contributed by atoms with Gasteiger partial charge in [0, 0.05) is 17.0 Å². The van der Waals surface area contributed by atoms with Gasteiger partial charge in [0.1, 0.15) is 5.58 Å². The highest BCUT2D eigenvalue weighted by atomic mass is 16.6. The van der Waals surface area contributed by atoms with Gasteiger partial charge in [0.05, 0.1) is 17.7 Å². The highest BCUT2D eigenvalue weighted by molar-refractivity contribution is 5.96. The van der Waals surface area contributed by atoms with Crippen LogP contribution in [0.5, 0.6) is 11.5 Å². The van der Waals surface area contributed by atoms with E-state index in [0.29, 0.717) is 5.58 Å². The minimum absolute atomic E-state index is 0.0447. The Kier molecular flexibility index (Phi) is 5.02. The van der Waals surface area contributed by atoms with Gasteiger partial charge in [-0.1, -0.05) is 18.2 Å². The molecule has 27 heavy (non-hydrogen) atoms. The number of hydrogen-bond acceptors (Lipinski definition) is 7. The number of carbonyl (C=O) groups excluding carboxylic acids is 1. The maximum absolute atomic E-state index is 12.1. The van der Waals surface area contributed by atoms with Crippen LogP contribution < -0.4 is 10.2 Å². The topological polar surface area (TPSA) is 127 Å². The number of ether oxygens (including phenoxy) is 1. The van der Waals surface area contributed by atoms with Gasteiger partial charge in [-0.3, -0.25) is 14.9 Å². The Bertz CT molecular complexity index is 1010. The van der Waals surface area contributed by atoms with Gasteiger partial charge in [-0.2, -0.15) is 5.10 Å². The third-order valence-electron chi connectivity index (χ3n) is 3.60. The Balaban J connectivity index is 1.78. The molecule has 1 heterocycles. The summed E-state index contributed by atoms with van der Waals surface area (Å²) in [6.45, 7) is 1.90. The van der Waals surface area contributed by atoms with Gasteiger partial charge in [0.2, 0.25) is 5.75 Å². The summed E-state index contributed by atoms with van der Waals surface area (Å²) in [6, 6.07) is 11.2. The molecule has 2 aromatic carbocycles. The number of carbonyl (C=O) groups is 1. The van der Waals surface area contributed by atoms with Gasteiger partial charge >= 0.3 is 11.6 Å². The van der Waals surface area contributed by atoms with E-state index in [1.807, 2.05) is 12.1 Å². The largest absolute Gasteiger partial charge is 0.500 e. The Morgan fingerprint density at radius 1 is 1.37 bits per heavy atom. The molecule has 3 aromatic rings. The number of nitro groups is 1. The zero-order valence-corrected chi connectivity index (χ0v) is 14.2. The molecular weight excluding hydrogens is 354 g/mol. The standard InChI is InChI=1S/C18H15N3O6/c1-2-26-15-8-11(7-13(17(15)22)21(24)25)10-19-20-18(23)16-9-12-5-3-4-6-14(12)27-16/h3-10,22H,2H2,1H3,(H,20,23). The molecule has 0 saturated heterocycles. The van der Waals surface area contributed by atoms with E-state index in [-0.39, 0.29) is 23.7 Å². The van der Waals surface area contributed by atoms with Crippen molar-refractivity contribution < 1.29 is 24.0 Å². The van der Waals surface area contributed by atoms with Crippen LogP contribution in [0.3, 0.4) is 0 Å². The molecule has 0 fully saturated rings. The van der Waals surface area contributed by atoms with E-state index in [0.717, 1.165) is 11.5 Å². The van der Waals surface area contributed by atoms with Crippen LogP contribution in [0.2, 0.25) is 0 Å². The first-order valence-corrected chi connectivity index (χ1v) is 7.95. The van der Waals surface area contributed by atoms with Crippen LogP contribution in [-0.2, 0) is 0 Å². The number of nitrogens with one attached hydrogen (secondary N) is 1. The van der Waals surface area contributed by atoms with Crippen molar-refractivity contribution in [3.8, 4) is 11.5 Å². The SMILES string of the molecule is CCOc1cc(C=NNC(=O)c2cc3ccccc3o2)cc([N+](=O)[O-])c1O. The van der Waals surface area contributed by atoms with E-state index in [9.17, 15) is 20.0 Å². The predicted molar refractivity (Wildman–Crippen MR) is 97.2 cm³/mol. The quantitative estimate of drug-likeness (QED) is 0.390. The molecule has 0 saturated carbocycles. The van der Waals surface area contributed by atoms with Crippen LogP contribution in [0, 0.1) is 10.1 Å². The van der Waals surface area contributed by atoms with E-state index in [1.165, 1.54) is 12.3 Å². The lowest BCUT2D eigenvalue weighted by molar-refractivity contribution is -0.386.